The predicted molar refractivity (Wildman–Crippen MR) is 109 cm³/mol. The second-order valence-electron chi connectivity index (χ2n) is 6.83. The summed E-state index contributed by atoms with van der Waals surface area (Å²) in [5.41, 5.74) is 1.27. The van der Waals surface area contributed by atoms with E-state index in [4.69, 9.17) is 16.3 Å². The third-order valence-electron chi connectivity index (χ3n) is 4.78. The fraction of sp³-hybridized carbons (Fsp3) is 0.381. The molecule has 1 fully saturated rings. The maximum Gasteiger partial charge on any atom is 0.251 e. The first-order chi connectivity index (χ1) is 13.5. The van der Waals surface area contributed by atoms with Gasteiger partial charge in [0, 0.05) is 36.0 Å². The van der Waals surface area contributed by atoms with E-state index in [2.05, 4.69) is 15.6 Å². The third-order valence-corrected chi connectivity index (χ3v) is 5.01. The number of anilines is 1. The molecule has 1 aliphatic rings. The van der Waals surface area contributed by atoms with Crippen LogP contribution in [-0.4, -0.2) is 29.4 Å². The molecule has 0 unspecified atom stereocenters. The van der Waals surface area contributed by atoms with Crippen LogP contribution in [0.5, 0.6) is 5.88 Å². The summed E-state index contributed by atoms with van der Waals surface area (Å²) in [5.74, 6) is 0.410. The quantitative estimate of drug-likeness (QED) is 0.764. The molecule has 0 aliphatic heterocycles. The lowest BCUT2D eigenvalue weighted by Gasteiger charge is -2.28. The van der Waals surface area contributed by atoms with Crippen molar-refractivity contribution in [2.24, 2.45) is 5.92 Å². The lowest BCUT2D eigenvalue weighted by molar-refractivity contribution is -0.121. The number of pyridine rings is 1. The first-order valence-corrected chi connectivity index (χ1v) is 9.90. The van der Waals surface area contributed by atoms with Crippen LogP contribution in [0.15, 0.2) is 42.6 Å². The zero-order valence-electron chi connectivity index (χ0n) is 15.8. The predicted octanol–water partition coefficient (Wildman–Crippen LogP) is 4.06. The van der Waals surface area contributed by atoms with Crippen LogP contribution in [0.2, 0.25) is 5.02 Å². The van der Waals surface area contributed by atoms with E-state index in [0.717, 1.165) is 25.7 Å². The van der Waals surface area contributed by atoms with Crippen molar-refractivity contribution in [2.75, 3.05) is 11.9 Å². The number of aromatic nitrogens is 1. The highest BCUT2D eigenvalue weighted by atomic mass is 35.5. The molecule has 1 aromatic carbocycles. The van der Waals surface area contributed by atoms with Gasteiger partial charge in [0.05, 0.1) is 5.02 Å². The monoisotopic (exact) mass is 401 g/mol. The van der Waals surface area contributed by atoms with Crippen molar-refractivity contribution in [2.45, 2.75) is 38.7 Å². The Morgan fingerprint density at radius 1 is 1.11 bits per heavy atom. The summed E-state index contributed by atoms with van der Waals surface area (Å²) in [6.45, 7) is 2.45. The highest BCUT2D eigenvalue weighted by molar-refractivity contribution is 6.30. The second kappa shape index (κ2) is 9.55. The van der Waals surface area contributed by atoms with Gasteiger partial charge in [-0.3, -0.25) is 9.59 Å². The molecule has 6 nitrogen and oxygen atoms in total. The van der Waals surface area contributed by atoms with E-state index in [1.54, 1.807) is 42.6 Å². The third kappa shape index (κ3) is 5.45. The van der Waals surface area contributed by atoms with Gasteiger partial charge in [-0.2, -0.15) is 0 Å². The summed E-state index contributed by atoms with van der Waals surface area (Å²) in [4.78, 5) is 28.5. The average molecular weight is 402 g/mol. The number of hydrogen-bond donors (Lipinski definition) is 2. The number of benzene rings is 1. The highest BCUT2D eigenvalue weighted by Crippen LogP contribution is 2.28. The van der Waals surface area contributed by atoms with Crippen LogP contribution in [0.1, 0.15) is 43.0 Å². The molecular weight excluding hydrogens is 378 g/mol. The Labute approximate surface area is 169 Å². The van der Waals surface area contributed by atoms with E-state index >= 15 is 0 Å². The largest absolute Gasteiger partial charge is 0.474 e. The van der Waals surface area contributed by atoms with Gasteiger partial charge in [-0.05, 0) is 62.9 Å². The van der Waals surface area contributed by atoms with Crippen LogP contribution in [0.4, 0.5) is 5.69 Å². The number of rotatable bonds is 6. The molecule has 0 bridgehead atoms. The summed E-state index contributed by atoms with van der Waals surface area (Å²) < 4.78 is 5.87. The van der Waals surface area contributed by atoms with E-state index in [0.29, 0.717) is 28.7 Å². The molecule has 1 saturated carbocycles. The van der Waals surface area contributed by atoms with Crippen LogP contribution in [0.3, 0.4) is 0 Å². The Morgan fingerprint density at radius 2 is 1.82 bits per heavy atom. The van der Waals surface area contributed by atoms with Crippen molar-refractivity contribution in [1.82, 2.24) is 10.3 Å². The van der Waals surface area contributed by atoms with Gasteiger partial charge in [-0.1, -0.05) is 11.6 Å². The lowest BCUT2D eigenvalue weighted by Crippen LogP contribution is -2.31. The van der Waals surface area contributed by atoms with Gasteiger partial charge in [-0.15, -0.1) is 0 Å². The molecule has 2 amide bonds. The topological polar surface area (TPSA) is 80.3 Å². The lowest BCUT2D eigenvalue weighted by atomic mass is 9.86. The van der Waals surface area contributed by atoms with Gasteiger partial charge in [0.15, 0.2) is 0 Å². The molecule has 1 aliphatic carbocycles. The van der Waals surface area contributed by atoms with Gasteiger partial charge < -0.3 is 15.4 Å². The molecule has 28 heavy (non-hydrogen) atoms. The molecule has 2 N–H and O–H groups in total. The number of nitrogens with one attached hydrogen (secondary N) is 2. The van der Waals surface area contributed by atoms with Gasteiger partial charge in [0.25, 0.3) is 5.91 Å². The van der Waals surface area contributed by atoms with Crippen molar-refractivity contribution in [1.29, 1.82) is 0 Å². The summed E-state index contributed by atoms with van der Waals surface area (Å²) in [6, 6.07) is 10.4. The molecule has 1 heterocycles. The first kappa shape index (κ1) is 20.1. The fourth-order valence-electron chi connectivity index (χ4n) is 3.26. The molecule has 3 rings (SSSR count). The van der Waals surface area contributed by atoms with Crippen molar-refractivity contribution >= 4 is 29.1 Å². The molecular formula is C21H24ClN3O3. The van der Waals surface area contributed by atoms with Crippen LogP contribution in [0, 0.1) is 5.92 Å². The number of halogens is 1. The summed E-state index contributed by atoms with van der Waals surface area (Å²) in [5, 5.41) is 6.27. The molecule has 0 spiro atoms. The van der Waals surface area contributed by atoms with Gasteiger partial charge in [-0.25, -0.2) is 4.98 Å². The van der Waals surface area contributed by atoms with Crippen LogP contribution < -0.4 is 15.4 Å². The summed E-state index contributed by atoms with van der Waals surface area (Å²) in [6.07, 6.45) is 4.76. The fourth-order valence-corrected chi connectivity index (χ4v) is 3.37. The number of hydrogen-bond acceptors (Lipinski definition) is 4. The van der Waals surface area contributed by atoms with E-state index < -0.39 is 0 Å². The van der Waals surface area contributed by atoms with E-state index in [9.17, 15) is 9.59 Å². The van der Waals surface area contributed by atoms with Crippen molar-refractivity contribution in [3.8, 4) is 5.88 Å². The normalized spacial score (nSPS) is 18.9. The van der Waals surface area contributed by atoms with Crippen molar-refractivity contribution < 1.29 is 14.3 Å². The number of carbonyl (C=O) groups excluding carboxylic acids is 2. The summed E-state index contributed by atoms with van der Waals surface area (Å²) >= 11 is 5.83. The molecule has 0 saturated heterocycles. The number of nitrogens with zero attached hydrogens (tertiary/aromatic N) is 1. The van der Waals surface area contributed by atoms with E-state index in [1.807, 2.05) is 6.92 Å². The maximum atomic E-state index is 12.5. The minimum absolute atomic E-state index is 0.00817. The SMILES string of the molecule is CCNC(=O)c1ccc(NC(=O)C2CCC(Oc3ccc(Cl)cn3)CC2)cc1. The zero-order chi connectivity index (χ0) is 19.9. The molecule has 148 valence electrons. The molecule has 0 atom stereocenters. The van der Waals surface area contributed by atoms with E-state index in [-0.39, 0.29) is 23.8 Å². The highest BCUT2D eigenvalue weighted by Gasteiger charge is 2.27. The molecule has 2 aromatic rings. The van der Waals surface area contributed by atoms with Crippen LogP contribution >= 0.6 is 11.6 Å². The number of ether oxygens (including phenoxy) is 1. The van der Waals surface area contributed by atoms with Gasteiger partial charge >= 0.3 is 0 Å². The maximum absolute atomic E-state index is 12.5. The van der Waals surface area contributed by atoms with Gasteiger partial charge in [0.1, 0.15) is 6.10 Å². The number of amides is 2. The molecule has 1 aromatic heterocycles. The van der Waals surface area contributed by atoms with Crippen LogP contribution in [0.25, 0.3) is 0 Å². The van der Waals surface area contributed by atoms with E-state index in [1.165, 1.54) is 0 Å². The minimum atomic E-state index is -0.117. The number of carbonyl (C=O) groups is 2. The standard InChI is InChI=1S/C21H24ClN3O3/c1-2-23-20(26)14-3-8-17(9-4-14)25-21(27)15-5-10-18(11-6-15)28-19-12-7-16(22)13-24-19/h3-4,7-9,12-13,15,18H,2,5-6,10-11H2,1H3,(H,23,26)(H,25,27). The van der Waals surface area contributed by atoms with Crippen molar-refractivity contribution in [3.63, 3.8) is 0 Å². The second-order valence-corrected chi connectivity index (χ2v) is 7.27. The smallest absolute Gasteiger partial charge is 0.251 e. The molecule has 0 radical (unpaired) electrons. The Balaban J connectivity index is 1.47. The first-order valence-electron chi connectivity index (χ1n) is 9.52. The van der Waals surface area contributed by atoms with Crippen LogP contribution in [-0.2, 0) is 4.79 Å². The van der Waals surface area contributed by atoms with Crippen molar-refractivity contribution in [3.05, 3.63) is 53.2 Å². The average Bonchev–Trinajstić information content (AvgIpc) is 2.71. The Morgan fingerprint density at radius 3 is 2.43 bits per heavy atom. The molecule has 7 heteroatoms. The summed E-state index contributed by atoms with van der Waals surface area (Å²) in [7, 11) is 0. The Bertz CT molecular complexity index is 801. The Hall–Kier alpha value is -2.60. The van der Waals surface area contributed by atoms with Gasteiger partial charge in [0.2, 0.25) is 11.8 Å². The minimum Gasteiger partial charge on any atom is -0.474 e. The zero-order valence-corrected chi connectivity index (χ0v) is 16.5. The Kier molecular flexibility index (Phi) is 6.87.